The van der Waals surface area contributed by atoms with Crippen molar-refractivity contribution in [3.05, 3.63) is 60.2 Å². The van der Waals surface area contributed by atoms with E-state index in [4.69, 9.17) is 4.98 Å². The van der Waals surface area contributed by atoms with Crippen molar-refractivity contribution in [1.29, 1.82) is 0 Å². The molecule has 0 radical (unpaired) electrons. The summed E-state index contributed by atoms with van der Waals surface area (Å²) < 4.78 is 2.37. The molecule has 31 heavy (non-hydrogen) atoms. The van der Waals surface area contributed by atoms with Gasteiger partial charge < -0.3 is 14.8 Å². The summed E-state index contributed by atoms with van der Waals surface area (Å²) in [6.45, 7) is 7.96. The van der Waals surface area contributed by atoms with Crippen LogP contribution < -0.4 is 10.2 Å². The third-order valence-electron chi connectivity index (χ3n) is 6.27. The van der Waals surface area contributed by atoms with E-state index in [0.717, 1.165) is 56.8 Å². The van der Waals surface area contributed by atoms with Gasteiger partial charge in [-0.15, -0.1) is 0 Å². The second-order valence-corrected chi connectivity index (χ2v) is 9.02. The molecule has 3 aromatic rings. The predicted molar refractivity (Wildman–Crippen MR) is 127 cm³/mol. The molecule has 1 fully saturated rings. The molecule has 2 heterocycles. The molecule has 1 N–H and O–H groups in total. The Kier molecular flexibility index (Phi) is 6.90. The number of nitrogens with zero attached hydrogens (tertiary/aromatic N) is 3. The molecular formula is C26H34N4O. The number of rotatable bonds is 8. The van der Waals surface area contributed by atoms with Crippen LogP contribution >= 0.6 is 0 Å². The molecule has 5 nitrogen and oxygen atoms in total. The summed E-state index contributed by atoms with van der Waals surface area (Å²) in [5.74, 6) is 2.01. The summed E-state index contributed by atoms with van der Waals surface area (Å²) in [6.07, 6.45) is 3.77. The van der Waals surface area contributed by atoms with E-state index >= 15 is 0 Å². The lowest BCUT2D eigenvalue weighted by Gasteiger charge is -2.32. The highest BCUT2D eigenvalue weighted by Crippen LogP contribution is 2.28. The van der Waals surface area contributed by atoms with Gasteiger partial charge in [-0.25, -0.2) is 4.98 Å². The Morgan fingerprint density at radius 3 is 2.52 bits per heavy atom. The van der Waals surface area contributed by atoms with Crippen molar-refractivity contribution < 1.29 is 4.79 Å². The minimum atomic E-state index is 0.0977. The van der Waals surface area contributed by atoms with Gasteiger partial charge in [0.05, 0.1) is 11.0 Å². The number of benzene rings is 2. The van der Waals surface area contributed by atoms with Crippen LogP contribution in [-0.4, -0.2) is 35.1 Å². The molecule has 164 valence electrons. The molecular weight excluding hydrogens is 384 g/mol. The highest BCUT2D eigenvalue weighted by molar-refractivity contribution is 5.80. The number of hydrogen-bond acceptors (Lipinski definition) is 3. The molecule has 1 amide bonds. The van der Waals surface area contributed by atoms with Gasteiger partial charge in [0.25, 0.3) is 0 Å². The third-order valence-corrected chi connectivity index (χ3v) is 6.27. The highest BCUT2D eigenvalue weighted by Gasteiger charge is 2.27. The average molecular weight is 419 g/mol. The molecule has 1 aliphatic rings. The Labute approximate surface area is 185 Å². The fraction of sp³-hybridized carbons (Fsp3) is 0.462. The van der Waals surface area contributed by atoms with Crippen LogP contribution in [0, 0.1) is 11.8 Å². The Morgan fingerprint density at radius 1 is 1.06 bits per heavy atom. The van der Waals surface area contributed by atoms with Crippen molar-refractivity contribution in [2.45, 2.75) is 46.1 Å². The zero-order chi connectivity index (χ0) is 21.6. The minimum absolute atomic E-state index is 0.0977. The van der Waals surface area contributed by atoms with E-state index in [1.165, 1.54) is 11.1 Å². The number of carbonyl (C=O) groups excluding carboxylic acids is 1. The average Bonchev–Trinajstić information content (AvgIpc) is 3.17. The number of aromatic nitrogens is 2. The third kappa shape index (κ3) is 5.27. The van der Waals surface area contributed by atoms with Gasteiger partial charge in [0.1, 0.15) is 0 Å². The fourth-order valence-electron chi connectivity index (χ4n) is 4.37. The van der Waals surface area contributed by atoms with Gasteiger partial charge in [0, 0.05) is 32.1 Å². The van der Waals surface area contributed by atoms with E-state index in [1.54, 1.807) is 0 Å². The first-order chi connectivity index (χ1) is 15.1. The van der Waals surface area contributed by atoms with Gasteiger partial charge in [-0.1, -0.05) is 56.3 Å². The van der Waals surface area contributed by atoms with Crippen molar-refractivity contribution in [2.24, 2.45) is 11.8 Å². The van der Waals surface area contributed by atoms with Crippen LogP contribution in [0.15, 0.2) is 54.6 Å². The summed E-state index contributed by atoms with van der Waals surface area (Å²) in [5.41, 5.74) is 3.53. The quantitative estimate of drug-likeness (QED) is 0.579. The summed E-state index contributed by atoms with van der Waals surface area (Å²) in [6, 6.07) is 18.7. The van der Waals surface area contributed by atoms with Crippen molar-refractivity contribution in [2.75, 3.05) is 24.5 Å². The SMILES string of the molecule is CC(C)CCn1c(N2CCC(C(=O)NCCc3ccccc3)CC2)nc2ccccc21. The number of aryl methyl sites for hydroxylation is 1. The number of hydrogen-bond donors (Lipinski definition) is 1. The maximum absolute atomic E-state index is 12.7. The number of imidazole rings is 1. The highest BCUT2D eigenvalue weighted by atomic mass is 16.1. The largest absolute Gasteiger partial charge is 0.356 e. The normalized spacial score (nSPS) is 15.0. The van der Waals surface area contributed by atoms with E-state index in [2.05, 4.69) is 65.0 Å². The van der Waals surface area contributed by atoms with Crippen molar-refractivity contribution in [3.63, 3.8) is 0 Å². The second kappa shape index (κ2) is 9.99. The Bertz CT molecular complexity index is 987. The van der Waals surface area contributed by atoms with E-state index in [1.807, 2.05) is 18.2 Å². The maximum atomic E-state index is 12.7. The van der Waals surface area contributed by atoms with Crippen LogP contribution in [0.4, 0.5) is 5.95 Å². The second-order valence-electron chi connectivity index (χ2n) is 9.02. The van der Waals surface area contributed by atoms with Gasteiger partial charge >= 0.3 is 0 Å². The smallest absolute Gasteiger partial charge is 0.223 e. The molecule has 0 bridgehead atoms. The standard InChI is InChI=1S/C26H34N4O/c1-20(2)13-19-30-24-11-7-6-10-23(24)28-26(30)29-17-14-22(15-18-29)25(31)27-16-12-21-8-4-3-5-9-21/h3-11,20,22H,12-19H2,1-2H3,(H,27,31). The molecule has 2 aromatic carbocycles. The molecule has 1 saturated heterocycles. The Balaban J connectivity index is 1.35. The summed E-state index contributed by atoms with van der Waals surface area (Å²) >= 11 is 0. The van der Waals surface area contributed by atoms with Gasteiger partial charge in [0.2, 0.25) is 11.9 Å². The van der Waals surface area contributed by atoms with Crippen LogP contribution in [0.3, 0.4) is 0 Å². The van der Waals surface area contributed by atoms with Gasteiger partial charge in [-0.05, 0) is 49.3 Å². The molecule has 0 unspecified atom stereocenters. The first-order valence-corrected chi connectivity index (χ1v) is 11.6. The summed E-state index contributed by atoms with van der Waals surface area (Å²) in [5, 5.41) is 3.14. The van der Waals surface area contributed by atoms with E-state index in [9.17, 15) is 4.79 Å². The number of para-hydroxylation sites is 2. The number of carbonyl (C=O) groups is 1. The lowest BCUT2D eigenvalue weighted by Crippen LogP contribution is -2.42. The van der Waals surface area contributed by atoms with Crippen molar-refractivity contribution in [1.82, 2.24) is 14.9 Å². The molecule has 0 saturated carbocycles. The van der Waals surface area contributed by atoms with Gasteiger partial charge in [-0.3, -0.25) is 4.79 Å². The van der Waals surface area contributed by atoms with Crippen LogP contribution in [-0.2, 0) is 17.8 Å². The van der Waals surface area contributed by atoms with Crippen molar-refractivity contribution >= 4 is 22.9 Å². The monoisotopic (exact) mass is 418 g/mol. The topological polar surface area (TPSA) is 50.2 Å². The zero-order valence-electron chi connectivity index (χ0n) is 18.8. The van der Waals surface area contributed by atoms with Crippen molar-refractivity contribution in [3.8, 4) is 0 Å². The molecule has 1 aromatic heterocycles. The summed E-state index contributed by atoms with van der Waals surface area (Å²) in [7, 11) is 0. The first kappa shape index (κ1) is 21.4. The molecule has 0 aliphatic carbocycles. The molecule has 4 rings (SSSR count). The molecule has 0 atom stereocenters. The number of anilines is 1. The zero-order valence-corrected chi connectivity index (χ0v) is 18.8. The first-order valence-electron chi connectivity index (χ1n) is 11.6. The van der Waals surface area contributed by atoms with Gasteiger partial charge in [-0.2, -0.15) is 0 Å². The minimum Gasteiger partial charge on any atom is -0.356 e. The number of fused-ring (bicyclic) bond motifs is 1. The lowest BCUT2D eigenvalue weighted by molar-refractivity contribution is -0.125. The molecule has 5 heteroatoms. The van der Waals surface area contributed by atoms with Crippen LogP contribution in [0.5, 0.6) is 0 Å². The van der Waals surface area contributed by atoms with Crippen LogP contribution in [0.1, 0.15) is 38.7 Å². The Hall–Kier alpha value is -2.82. The number of amides is 1. The summed E-state index contributed by atoms with van der Waals surface area (Å²) in [4.78, 5) is 20.0. The number of piperidine rings is 1. The van der Waals surface area contributed by atoms with Gasteiger partial charge in [0.15, 0.2) is 0 Å². The molecule has 0 spiro atoms. The fourth-order valence-corrected chi connectivity index (χ4v) is 4.37. The van der Waals surface area contributed by atoms with E-state index < -0.39 is 0 Å². The molecule has 1 aliphatic heterocycles. The maximum Gasteiger partial charge on any atom is 0.223 e. The predicted octanol–water partition coefficient (Wildman–Crippen LogP) is 4.66. The Morgan fingerprint density at radius 2 is 1.77 bits per heavy atom. The van der Waals surface area contributed by atoms with E-state index in [-0.39, 0.29) is 11.8 Å². The van der Waals surface area contributed by atoms with Crippen LogP contribution in [0.25, 0.3) is 11.0 Å². The van der Waals surface area contributed by atoms with Crippen LogP contribution in [0.2, 0.25) is 0 Å². The van der Waals surface area contributed by atoms with E-state index in [0.29, 0.717) is 12.5 Å². The lowest BCUT2D eigenvalue weighted by atomic mass is 9.96. The number of nitrogens with one attached hydrogen (secondary N) is 1.